The third kappa shape index (κ3) is 5.81. The Morgan fingerprint density at radius 1 is 1.18 bits per heavy atom. The molecule has 1 aliphatic heterocycles. The largest absolute Gasteiger partial charge is 0.496 e. The number of nitrogens with one attached hydrogen (secondary N) is 1. The lowest BCUT2D eigenvalue weighted by Gasteiger charge is -2.36. The number of carbonyl (C=O) groups excluding carboxylic acids is 1. The highest BCUT2D eigenvalue weighted by atomic mass is 79.9. The van der Waals surface area contributed by atoms with E-state index in [1.807, 2.05) is 24.3 Å². The Balaban J connectivity index is 1.40. The molecule has 3 rings (SSSR count). The van der Waals surface area contributed by atoms with E-state index < -0.39 is 0 Å². The number of benzene rings is 2. The zero-order valence-electron chi connectivity index (χ0n) is 16.0. The number of amides is 1. The van der Waals surface area contributed by atoms with Crippen LogP contribution in [0.4, 0.5) is 5.69 Å². The minimum atomic E-state index is -0.0873. The van der Waals surface area contributed by atoms with Gasteiger partial charge in [-0.25, -0.2) is 5.43 Å². The summed E-state index contributed by atoms with van der Waals surface area (Å²) < 4.78 is 6.22. The Morgan fingerprint density at radius 3 is 2.64 bits per heavy atom. The molecule has 2 aromatic rings. The normalized spacial score (nSPS) is 15.0. The van der Waals surface area contributed by atoms with Gasteiger partial charge in [-0.1, -0.05) is 34.1 Å². The van der Waals surface area contributed by atoms with Crippen LogP contribution in [-0.4, -0.2) is 56.9 Å². The Bertz CT molecular complexity index is 805. The molecule has 2 aromatic carbocycles. The molecule has 0 atom stereocenters. The van der Waals surface area contributed by atoms with E-state index in [2.05, 4.69) is 60.5 Å². The van der Waals surface area contributed by atoms with Gasteiger partial charge in [0.05, 0.1) is 13.3 Å². The minimum Gasteiger partial charge on any atom is -0.496 e. The Labute approximate surface area is 174 Å². The highest BCUT2D eigenvalue weighted by molar-refractivity contribution is 9.10. The molecular formula is C21H25BrN4O2. The van der Waals surface area contributed by atoms with Crippen molar-refractivity contribution in [2.75, 3.05) is 44.7 Å². The summed E-state index contributed by atoms with van der Waals surface area (Å²) in [5.74, 6) is 0.619. The number of rotatable bonds is 7. The van der Waals surface area contributed by atoms with Crippen molar-refractivity contribution in [2.45, 2.75) is 6.42 Å². The summed E-state index contributed by atoms with van der Waals surface area (Å²) in [5, 5.41) is 4.05. The third-order valence-corrected chi connectivity index (χ3v) is 5.23. The van der Waals surface area contributed by atoms with Gasteiger partial charge in [0.1, 0.15) is 5.75 Å². The van der Waals surface area contributed by atoms with Crippen molar-refractivity contribution in [1.82, 2.24) is 10.3 Å². The van der Waals surface area contributed by atoms with E-state index in [1.54, 1.807) is 13.3 Å². The van der Waals surface area contributed by atoms with Crippen molar-refractivity contribution in [1.29, 1.82) is 0 Å². The lowest BCUT2D eigenvalue weighted by atomic mass is 10.2. The van der Waals surface area contributed by atoms with Gasteiger partial charge in [-0.3, -0.25) is 9.69 Å². The fraction of sp³-hybridized carbons (Fsp3) is 0.333. The number of hydrogen-bond acceptors (Lipinski definition) is 5. The summed E-state index contributed by atoms with van der Waals surface area (Å²) in [7, 11) is 1.61. The SMILES string of the molecule is COc1ccc(Br)cc1/C=N/NC(=O)CCN1CCN(c2ccccc2)CC1. The molecule has 0 saturated carbocycles. The minimum absolute atomic E-state index is 0.0873. The van der Waals surface area contributed by atoms with Gasteiger partial charge < -0.3 is 9.64 Å². The number of hydrogen-bond donors (Lipinski definition) is 1. The second-order valence-electron chi connectivity index (χ2n) is 6.59. The molecule has 1 heterocycles. The predicted molar refractivity (Wildman–Crippen MR) is 116 cm³/mol. The van der Waals surface area contributed by atoms with Crippen LogP contribution in [0.5, 0.6) is 5.75 Å². The maximum absolute atomic E-state index is 12.1. The summed E-state index contributed by atoms with van der Waals surface area (Å²) >= 11 is 3.42. The molecule has 0 aliphatic carbocycles. The van der Waals surface area contributed by atoms with E-state index in [0.29, 0.717) is 12.2 Å². The molecule has 6 nitrogen and oxygen atoms in total. The maximum Gasteiger partial charge on any atom is 0.241 e. The van der Waals surface area contributed by atoms with Gasteiger partial charge in [0.25, 0.3) is 0 Å². The second kappa shape index (κ2) is 10.2. The summed E-state index contributed by atoms with van der Waals surface area (Å²) in [4.78, 5) is 16.8. The van der Waals surface area contributed by atoms with E-state index in [-0.39, 0.29) is 5.91 Å². The van der Waals surface area contributed by atoms with E-state index in [4.69, 9.17) is 4.74 Å². The summed E-state index contributed by atoms with van der Waals surface area (Å²) in [6, 6.07) is 16.1. The number of piperazine rings is 1. The van der Waals surface area contributed by atoms with Crippen LogP contribution in [-0.2, 0) is 4.79 Å². The van der Waals surface area contributed by atoms with Crippen LogP contribution in [0.1, 0.15) is 12.0 Å². The average Bonchev–Trinajstić information content (AvgIpc) is 2.73. The molecule has 0 unspecified atom stereocenters. The van der Waals surface area contributed by atoms with E-state index in [0.717, 1.165) is 42.8 Å². The fourth-order valence-electron chi connectivity index (χ4n) is 3.16. The molecule has 0 aromatic heterocycles. The molecule has 0 bridgehead atoms. The first-order valence-corrected chi connectivity index (χ1v) is 10.1. The summed E-state index contributed by atoms with van der Waals surface area (Å²) in [5.41, 5.74) is 4.66. The summed E-state index contributed by atoms with van der Waals surface area (Å²) in [6.45, 7) is 4.62. The van der Waals surface area contributed by atoms with Crippen LogP contribution >= 0.6 is 15.9 Å². The van der Waals surface area contributed by atoms with Crippen LogP contribution < -0.4 is 15.1 Å². The van der Waals surface area contributed by atoms with Crippen LogP contribution in [0.25, 0.3) is 0 Å². The van der Waals surface area contributed by atoms with E-state index >= 15 is 0 Å². The molecule has 1 aliphatic rings. The molecule has 1 N–H and O–H groups in total. The monoisotopic (exact) mass is 444 g/mol. The van der Waals surface area contributed by atoms with E-state index in [9.17, 15) is 4.79 Å². The zero-order valence-corrected chi connectivity index (χ0v) is 17.6. The molecule has 1 saturated heterocycles. The van der Waals surface area contributed by atoms with E-state index in [1.165, 1.54) is 5.69 Å². The van der Waals surface area contributed by atoms with Gasteiger partial charge in [0.15, 0.2) is 0 Å². The zero-order chi connectivity index (χ0) is 19.8. The Kier molecular flexibility index (Phi) is 7.45. The highest BCUT2D eigenvalue weighted by Crippen LogP contribution is 2.21. The van der Waals surface area contributed by atoms with Gasteiger partial charge in [-0.2, -0.15) is 5.10 Å². The molecule has 0 spiro atoms. The number of ether oxygens (including phenoxy) is 1. The van der Waals surface area contributed by atoms with Crippen molar-refractivity contribution in [3.63, 3.8) is 0 Å². The van der Waals surface area contributed by atoms with Crippen molar-refractivity contribution < 1.29 is 9.53 Å². The second-order valence-corrected chi connectivity index (χ2v) is 7.51. The Morgan fingerprint density at radius 2 is 1.93 bits per heavy atom. The van der Waals surface area contributed by atoms with Gasteiger partial charge in [-0.15, -0.1) is 0 Å². The van der Waals surface area contributed by atoms with Crippen molar-refractivity contribution in [3.05, 3.63) is 58.6 Å². The predicted octanol–water partition coefficient (Wildman–Crippen LogP) is 3.12. The molecule has 148 valence electrons. The topological polar surface area (TPSA) is 57.2 Å². The first-order valence-electron chi connectivity index (χ1n) is 9.33. The first-order chi connectivity index (χ1) is 13.7. The lowest BCUT2D eigenvalue weighted by Crippen LogP contribution is -2.47. The molecular weight excluding hydrogens is 420 g/mol. The van der Waals surface area contributed by atoms with Crippen molar-refractivity contribution in [3.8, 4) is 5.75 Å². The molecule has 7 heteroatoms. The van der Waals surface area contributed by atoms with Crippen molar-refractivity contribution >= 4 is 33.7 Å². The van der Waals surface area contributed by atoms with Crippen LogP contribution in [0.2, 0.25) is 0 Å². The van der Waals surface area contributed by atoms with Gasteiger partial charge >= 0.3 is 0 Å². The lowest BCUT2D eigenvalue weighted by molar-refractivity contribution is -0.121. The number of hydrazone groups is 1. The number of methoxy groups -OCH3 is 1. The van der Waals surface area contributed by atoms with Crippen LogP contribution in [0, 0.1) is 0 Å². The van der Waals surface area contributed by atoms with Gasteiger partial charge in [-0.05, 0) is 30.3 Å². The average molecular weight is 445 g/mol. The standard InChI is InChI=1S/C21H25BrN4O2/c1-28-20-8-7-18(22)15-17(20)16-23-24-21(27)9-10-25-11-13-26(14-12-25)19-5-3-2-4-6-19/h2-8,15-16H,9-14H2,1H3,(H,24,27)/b23-16+. The fourth-order valence-corrected chi connectivity index (χ4v) is 3.54. The van der Waals surface area contributed by atoms with Crippen molar-refractivity contribution in [2.24, 2.45) is 5.10 Å². The smallest absolute Gasteiger partial charge is 0.241 e. The quantitative estimate of drug-likeness (QED) is 0.526. The number of halogens is 1. The Hall–Kier alpha value is -2.38. The number of carbonyl (C=O) groups is 1. The van der Waals surface area contributed by atoms with Crippen LogP contribution in [0.3, 0.4) is 0 Å². The number of nitrogens with zero attached hydrogens (tertiary/aromatic N) is 3. The summed E-state index contributed by atoms with van der Waals surface area (Å²) in [6.07, 6.45) is 2.03. The van der Waals surface area contributed by atoms with Gasteiger partial charge in [0, 0.05) is 54.9 Å². The molecule has 1 fully saturated rings. The van der Waals surface area contributed by atoms with Crippen LogP contribution in [0.15, 0.2) is 58.1 Å². The highest BCUT2D eigenvalue weighted by Gasteiger charge is 2.17. The third-order valence-electron chi connectivity index (χ3n) is 4.73. The molecule has 0 radical (unpaired) electrons. The van der Waals surface area contributed by atoms with Gasteiger partial charge in [0.2, 0.25) is 5.91 Å². The maximum atomic E-state index is 12.1. The first kappa shape index (κ1) is 20.4. The number of anilines is 1. The number of para-hydroxylation sites is 1. The molecule has 1 amide bonds. The molecule has 28 heavy (non-hydrogen) atoms.